The lowest BCUT2D eigenvalue weighted by Crippen LogP contribution is -2.28. The van der Waals surface area contributed by atoms with E-state index >= 15 is 0 Å². The molecule has 3 amide bonds. The Morgan fingerprint density at radius 1 is 1.22 bits per heavy atom. The highest BCUT2D eigenvalue weighted by atomic mass is 19.2. The zero-order chi connectivity index (χ0) is 22.8. The number of anilines is 2. The second-order valence-electron chi connectivity index (χ2n) is 7.28. The molecule has 0 radical (unpaired) electrons. The third-order valence-corrected chi connectivity index (χ3v) is 5.32. The van der Waals surface area contributed by atoms with Crippen LogP contribution in [0.25, 0.3) is 11.1 Å². The Labute approximate surface area is 181 Å². The summed E-state index contributed by atoms with van der Waals surface area (Å²) in [6.45, 7) is 0.959. The Morgan fingerprint density at radius 3 is 2.69 bits per heavy atom. The number of carbonyl (C=O) groups is 3. The molecule has 0 aliphatic carbocycles. The number of cyclic esters (lactones) is 1. The average molecular weight is 446 g/mol. The average Bonchev–Trinajstić information content (AvgIpc) is 3.39. The molecular weight excluding hydrogens is 426 g/mol. The van der Waals surface area contributed by atoms with Crippen LogP contribution in [0.3, 0.4) is 0 Å². The van der Waals surface area contributed by atoms with Crippen molar-refractivity contribution >= 4 is 29.6 Å². The number of ether oxygens (including phenoxy) is 2. The van der Waals surface area contributed by atoms with E-state index in [0.29, 0.717) is 24.5 Å². The van der Waals surface area contributed by atoms with Gasteiger partial charge in [0.15, 0.2) is 11.6 Å². The highest BCUT2D eigenvalue weighted by Crippen LogP contribution is 2.33. The van der Waals surface area contributed by atoms with Gasteiger partial charge in [0.2, 0.25) is 0 Å². The van der Waals surface area contributed by atoms with E-state index in [2.05, 4.69) is 15.0 Å². The highest BCUT2D eigenvalue weighted by Gasteiger charge is 2.35. The van der Waals surface area contributed by atoms with Gasteiger partial charge in [-0.3, -0.25) is 14.6 Å². The topological polar surface area (TPSA) is 101 Å². The van der Waals surface area contributed by atoms with Gasteiger partial charge in [-0.15, -0.1) is 0 Å². The lowest BCUT2D eigenvalue weighted by molar-refractivity contribution is -0.141. The van der Waals surface area contributed by atoms with E-state index in [0.717, 1.165) is 4.90 Å². The molecule has 2 saturated heterocycles. The molecular formula is C21H20F2N4O5. The number of carbonyl (C=O) groups excluding carboxylic acids is 3. The molecule has 1 atom stereocenters. The zero-order valence-corrected chi connectivity index (χ0v) is 17.1. The van der Waals surface area contributed by atoms with Crippen LogP contribution in [0.5, 0.6) is 0 Å². The lowest BCUT2D eigenvalue weighted by atomic mass is 10.1. The Bertz CT molecular complexity index is 1060. The molecule has 0 bridgehead atoms. The molecule has 4 rings (SSSR count). The van der Waals surface area contributed by atoms with E-state index in [1.807, 2.05) is 0 Å². The number of esters is 1. The fraction of sp³-hybridized carbons (Fsp3) is 0.333. The van der Waals surface area contributed by atoms with Crippen LogP contribution < -0.4 is 15.1 Å². The molecule has 0 spiro atoms. The minimum Gasteiger partial charge on any atom is -0.469 e. The first-order valence-electron chi connectivity index (χ1n) is 9.93. The monoisotopic (exact) mass is 446 g/mol. The van der Waals surface area contributed by atoms with Gasteiger partial charge < -0.3 is 14.8 Å². The van der Waals surface area contributed by atoms with Gasteiger partial charge in [-0.05, 0) is 30.7 Å². The number of hydrogen-bond donors (Lipinski definition) is 1. The van der Waals surface area contributed by atoms with E-state index in [9.17, 15) is 23.2 Å². The number of benzene rings is 1. The number of methoxy groups -OCH3 is 1. The summed E-state index contributed by atoms with van der Waals surface area (Å²) in [6.07, 6.45) is 0.152. The van der Waals surface area contributed by atoms with Gasteiger partial charge >= 0.3 is 18.1 Å². The van der Waals surface area contributed by atoms with Gasteiger partial charge in [0.1, 0.15) is 11.9 Å². The van der Waals surface area contributed by atoms with Gasteiger partial charge in [-0.2, -0.15) is 0 Å². The van der Waals surface area contributed by atoms with E-state index < -0.39 is 29.8 Å². The quantitative estimate of drug-likeness (QED) is 0.685. The third-order valence-electron chi connectivity index (χ3n) is 5.32. The minimum absolute atomic E-state index is 0.0142. The summed E-state index contributed by atoms with van der Waals surface area (Å²) in [7, 11) is 1.25. The number of rotatable bonds is 6. The maximum atomic E-state index is 14.9. The van der Waals surface area contributed by atoms with Crippen molar-refractivity contribution in [1.29, 1.82) is 0 Å². The summed E-state index contributed by atoms with van der Waals surface area (Å²) in [5.41, 5.74) is 0.0253. The van der Waals surface area contributed by atoms with Gasteiger partial charge in [0.05, 0.1) is 19.3 Å². The van der Waals surface area contributed by atoms with Crippen LogP contribution >= 0.6 is 0 Å². The number of pyridine rings is 1. The van der Waals surface area contributed by atoms with E-state index in [1.54, 1.807) is 12.1 Å². The Kier molecular flexibility index (Phi) is 5.89. The van der Waals surface area contributed by atoms with Crippen LogP contribution in [-0.2, 0) is 14.3 Å². The predicted molar refractivity (Wildman–Crippen MR) is 109 cm³/mol. The molecule has 1 aromatic carbocycles. The van der Waals surface area contributed by atoms with Crippen LogP contribution in [0.1, 0.15) is 12.8 Å². The number of nitrogens with one attached hydrogen (secondary N) is 1. The summed E-state index contributed by atoms with van der Waals surface area (Å²) >= 11 is 0. The molecule has 1 aromatic heterocycles. The van der Waals surface area contributed by atoms with E-state index in [4.69, 9.17) is 4.74 Å². The van der Waals surface area contributed by atoms with Crippen LogP contribution in [-0.4, -0.2) is 55.9 Å². The number of aromatic nitrogens is 1. The number of hydrogen-bond acceptors (Lipinski definition) is 6. The molecule has 11 heteroatoms. The maximum Gasteiger partial charge on any atom is 0.414 e. The Balaban J connectivity index is 1.52. The Morgan fingerprint density at radius 2 is 2.03 bits per heavy atom. The lowest BCUT2D eigenvalue weighted by Gasteiger charge is -2.16. The molecule has 2 aliphatic heterocycles. The molecule has 1 N–H and O–H groups in total. The molecule has 32 heavy (non-hydrogen) atoms. The predicted octanol–water partition coefficient (Wildman–Crippen LogP) is 2.83. The van der Waals surface area contributed by atoms with Crippen molar-refractivity contribution in [2.45, 2.75) is 18.9 Å². The SMILES string of the molecule is COC(=O)CC[C@H]1CN(c2ccc(-c3ccc(N4CCNC4=O)nc3)c(F)c2F)C(=O)O1. The van der Waals surface area contributed by atoms with Crippen molar-refractivity contribution in [3.05, 3.63) is 42.1 Å². The van der Waals surface area contributed by atoms with Crippen LogP contribution in [0.15, 0.2) is 30.5 Å². The van der Waals surface area contributed by atoms with E-state index in [-0.39, 0.29) is 36.7 Å². The van der Waals surface area contributed by atoms with Crippen molar-refractivity contribution in [2.75, 3.05) is 36.5 Å². The summed E-state index contributed by atoms with van der Waals surface area (Å²) in [5, 5.41) is 2.66. The van der Waals surface area contributed by atoms with Gasteiger partial charge in [0, 0.05) is 36.8 Å². The van der Waals surface area contributed by atoms with Crippen molar-refractivity contribution in [3.8, 4) is 11.1 Å². The van der Waals surface area contributed by atoms with Crippen molar-refractivity contribution in [1.82, 2.24) is 10.3 Å². The molecule has 9 nitrogen and oxygen atoms in total. The van der Waals surface area contributed by atoms with Gasteiger partial charge in [0.25, 0.3) is 0 Å². The smallest absolute Gasteiger partial charge is 0.414 e. The van der Waals surface area contributed by atoms with Gasteiger partial charge in [-0.1, -0.05) is 0 Å². The fourth-order valence-electron chi connectivity index (χ4n) is 3.62. The van der Waals surface area contributed by atoms with Crippen LogP contribution in [0, 0.1) is 11.6 Å². The minimum atomic E-state index is -1.20. The summed E-state index contributed by atoms with van der Waals surface area (Å²) in [6, 6.07) is 5.46. The summed E-state index contributed by atoms with van der Waals surface area (Å²) in [4.78, 5) is 41.8. The molecule has 0 saturated carbocycles. The summed E-state index contributed by atoms with van der Waals surface area (Å²) < 4.78 is 39.4. The van der Waals surface area contributed by atoms with Crippen LogP contribution in [0.2, 0.25) is 0 Å². The van der Waals surface area contributed by atoms with Gasteiger partial charge in [-0.25, -0.2) is 23.4 Å². The summed E-state index contributed by atoms with van der Waals surface area (Å²) in [5.74, 6) is -2.39. The standard InChI is InChI=1S/C21H20F2N4O5/c1-31-17(28)7-3-13-11-27(21(30)32-13)15-5-4-14(18(22)19(15)23)12-2-6-16(25-10-12)26-9-8-24-20(26)29/h2,4-6,10,13H,3,7-9,11H2,1H3,(H,24,29)/t13-/m0/s1. The van der Waals surface area contributed by atoms with Crippen LogP contribution in [0.4, 0.5) is 29.9 Å². The normalized spacial score (nSPS) is 18.0. The van der Waals surface area contributed by atoms with Crippen molar-refractivity contribution in [2.24, 2.45) is 0 Å². The van der Waals surface area contributed by atoms with Crippen molar-refractivity contribution < 1.29 is 32.6 Å². The highest BCUT2D eigenvalue weighted by molar-refractivity contribution is 5.93. The number of nitrogens with zero attached hydrogens (tertiary/aromatic N) is 3. The van der Waals surface area contributed by atoms with Crippen molar-refractivity contribution in [3.63, 3.8) is 0 Å². The maximum absolute atomic E-state index is 14.9. The Hall–Kier alpha value is -3.76. The number of halogens is 2. The first kappa shape index (κ1) is 21.5. The first-order valence-corrected chi connectivity index (χ1v) is 9.93. The molecule has 0 unspecified atom stereocenters. The fourth-order valence-corrected chi connectivity index (χ4v) is 3.62. The second kappa shape index (κ2) is 8.77. The van der Waals surface area contributed by atoms with E-state index in [1.165, 1.54) is 30.3 Å². The molecule has 2 aliphatic rings. The molecule has 2 fully saturated rings. The largest absolute Gasteiger partial charge is 0.469 e. The first-order chi connectivity index (χ1) is 15.4. The molecule has 2 aromatic rings. The molecule has 168 valence electrons. The zero-order valence-electron chi connectivity index (χ0n) is 17.1. The second-order valence-corrected chi connectivity index (χ2v) is 7.28. The molecule has 3 heterocycles. The third kappa shape index (κ3) is 4.05. The number of amides is 3. The number of urea groups is 1.